The highest BCUT2D eigenvalue weighted by atomic mass is 79.9. The van der Waals surface area contributed by atoms with Gasteiger partial charge in [-0.05, 0) is 28.1 Å². The number of imidazole rings is 1. The fourth-order valence-corrected chi connectivity index (χ4v) is 3.94. The van der Waals surface area contributed by atoms with E-state index in [2.05, 4.69) is 41.0 Å². The van der Waals surface area contributed by atoms with Gasteiger partial charge in [0.05, 0.1) is 50.7 Å². The Morgan fingerprint density at radius 2 is 1.94 bits per heavy atom. The number of halogens is 2. The Morgan fingerprint density at radius 1 is 1.09 bits per heavy atom. The van der Waals surface area contributed by atoms with Crippen LogP contribution < -0.4 is 14.4 Å². The van der Waals surface area contributed by atoms with Crippen LogP contribution in [0.15, 0.2) is 53.7 Å². The number of methoxy groups -OCH3 is 2. The molecule has 0 spiro atoms. The number of hydrogen-bond donors (Lipinski definition) is 1. The Kier molecular flexibility index (Phi) is 6.03. The Balaban J connectivity index is 1.65. The number of rotatable bonds is 7. The zero-order valence-electron chi connectivity index (χ0n) is 19.0. The number of nitrogens with zero attached hydrogens (tertiary/aromatic N) is 7. The van der Waals surface area contributed by atoms with Crippen molar-refractivity contribution in [1.82, 2.24) is 34.7 Å². The van der Waals surface area contributed by atoms with Crippen molar-refractivity contribution in [1.29, 1.82) is 0 Å². The minimum atomic E-state index is -0.559. The van der Waals surface area contributed by atoms with Gasteiger partial charge in [0.2, 0.25) is 0 Å². The van der Waals surface area contributed by atoms with Crippen molar-refractivity contribution in [2.45, 2.75) is 6.54 Å². The Hall–Kier alpha value is -4.06. The lowest BCUT2D eigenvalue weighted by Gasteiger charge is -2.25. The monoisotopic (exact) mass is 538 g/mol. The van der Waals surface area contributed by atoms with Gasteiger partial charge in [0.15, 0.2) is 17.2 Å². The highest BCUT2D eigenvalue weighted by Gasteiger charge is 2.22. The van der Waals surface area contributed by atoms with Gasteiger partial charge >= 0.3 is 0 Å². The number of ether oxygens (including phenoxy) is 2. The summed E-state index contributed by atoms with van der Waals surface area (Å²) < 4.78 is 28.5. The van der Waals surface area contributed by atoms with Crippen LogP contribution in [0, 0.1) is 5.82 Å². The predicted octanol–water partition coefficient (Wildman–Crippen LogP) is 4.41. The lowest BCUT2D eigenvalue weighted by Crippen LogP contribution is -2.20. The highest BCUT2D eigenvalue weighted by Crippen LogP contribution is 2.37. The van der Waals surface area contributed by atoms with Crippen LogP contribution in [0.25, 0.3) is 22.4 Å². The van der Waals surface area contributed by atoms with E-state index < -0.39 is 5.82 Å². The molecule has 1 N–H and O–H groups in total. The molecule has 4 heterocycles. The third-order valence-electron chi connectivity index (χ3n) is 5.31. The first-order chi connectivity index (χ1) is 16.9. The first kappa shape index (κ1) is 22.7. The second-order valence-electron chi connectivity index (χ2n) is 7.60. The van der Waals surface area contributed by atoms with Crippen molar-refractivity contribution in [2.24, 2.45) is 7.05 Å². The molecule has 1 aromatic carbocycles. The van der Waals surface area contributed by atoms with E-state index in [0.717, 1.165) is 5.56 Å². The number of nitrogens with one attached hydrogen (secondary N) is 1. The van der Waals surface area contributed by atoms with E-state index in [1.54, 1.807) is 46.4 Å². The number of benzene rings is 1. The molecule has 0 bridgehead atoms. The molecule has 0 aliphatic rings. The molecular weight excluding hydrogens is 519 g/mol. The second-order valence-corrected chi connectivity index (χ2v) is 8.45. The van der Waals surface area contributed by atoms with E-state index in [4.69, 9.17) is 14.5 Å². The number of H-pyrrole nitrogens is 1. The Morgan fingerprint density at radius 3 is 2.63 bits per heavy atom. The molecule has 4 aromatic heterocycles. The molecule has 0 saturated heterocycles. The number of anilines is 2. The van der Waals surface area contributed by atoms with Crippen LogP contribution in [-0.2, 0) is 13.6 Å². The third kappa shape index (κ3) is 4.52. The molecule has 0 aliphatic carbocycles. The molecule has 0 aliphatic heterocycles. The molecule has 35 heavy (non-hydrogen) atoms. The molecule has 0 atom stereocenters. The largest absolute Gasteiger partial charge is 0.497 e. The van der Waals surface area contributed by atoms with E-state index in [1.807, 2.05) is 13.2 Å². The highest BCUT2D eigenvalue weighted by molar-refractivity contribution is 9.10. The van der Waals surface area contributed by atoms with Crippen LogP contribution in [0.2, 0.25) is 0 Å². The van der Waals surface area contributed by atoms with Crippen molar-refractivity contribution in [2.75, 3.05) is 19.1 Å². The van der Waals surface area contributed by atoms with E-state index in [9.17, 15) is 0 Å². The van der Waals surface area contributed by atoms with Gasteiger partial charge < -0.3 is 19.4 Å². The standard InChI is InChI=1S/C23H20BrFN8O2/c1-32-11-13(8-28-32)16-9-26-15-4-5-21(31-23(15)29-16)33(12-20-27-10-19(24)30-20)17-6-14(34-2)7-18(35-3)22(17)25/h4-11H,12H2,1-3H3,(H,27,30). The molecule has 0 saturated carbocycles. The van der Waals surface area contributed by atoms with Crippen molar-refractivity contribution >= 4 is 38.6 Å². The number of pyridine rings is 1. The van der Waals surface area contributed by atoms with Crippen LogP contribution >= 0.6 is 15.9 Å². The molecule has 5 aromatic rings. The maximum absolute atomic E-state index is 15.5. The molecule has 0 fully saturated rings. The quantitative estimate of drug-likeness (QED) is 0.324. The summed E-state index contributed by atoms with van der Waals surface area (Å²) >= 11 is 3.37. The summed E-state index contributed by atoms with van der Waals surface area (Å²) in [5.74, 6) is 0.954. The first-order valence-electron chi connectivity index (χ1n) is 10.5. The average Bonchev–Trinajstić information content (AvgIpc) is 3.50. The third-order valence-corrected chi connectivity index (χ3v) is 5.72. The van der Waals surface area contributed by atoms with Gasteiger partial charge in [-0.25, -0.2) is 19.3 Å². The Labute approximate surface area is 207 Å². The molecule has 5 rings (SSSR count). The van der Waals surface area contributed by atoms with Crippen LogP contribution in [-0.4, -0.2) is 48.9 Å². The second kappa shape index (κ2) is 9.29. The van der Waals surface area contributed by atoms with Crippen molar-refractivity contribution < 1.29 is 13.9 Å². The summed E-state index contributed by atoms with van der Waals surface area (Å²) in [7, 11) is 4.74. The summed E-state index contributed by atoms with van der Waals surface area (Å²) in [6.45, 7) is 0.188. The van der Waals surface area contributed by atoms with Gasteiger partial charge in [0, 0.05) is 30.9 Å². The number of aromatic amines is 1. The molecule has 10 nitrogen and oxygen atoms in total. The number of aromatic nitrogens is 7. The zero-order chi connectivity index (χ0) is 24.5. The number of fused-ring (bicyclic) bond motifs is 1. The fraction of sp³-hybridized carbons (Fsp3) is 0.174. The summed E-state index contributed by atoms with van der Waals surface area (Å²) in [5, 5.41) is 4.19. The van der Waals surface area contributed by atoms with Crippen molar-refractivity contribution in [3.63, 3.8) is 0 Å². The molecule has 0 radical (unpaired) electrons. The minimum Gasteiger partial charge on any atom is -0.497 e. The van der Waals surface area contributed by atoms with Crippen LogP contribution in [0.4, 0.5) is 15.9 Å². The van der Waals surface area contributed by atoms with Gasteiger partial charge in [0.1, 0.15) is 27.5 Å². The normalized spacial score (nSPS) is 11.1. The summed E-state index contributed by atoms with van der Waals surface area (Å²) in [5.41, 5.74) is 2.66. The van der Waals surface area contributed by atoms with Gasteiger partial charge in [-0.3, -0.25) is 9.67 Å². The zero-order valence-corrected chi connectivity index (χ0v) is 20.6. The first-order valence-corrected chi connectivity index (χ1v) is 11.3. The number of hydrogen-bond acceptors (Lipinski definition) is 8. The van der Waals surface area contributed by atoms with E-state index in [0.29, 0.717) is 38.9 Å². The topological polar surface area (TPSA) is 107 Å². The van der Waals surface area contributed by atoms with Crippen LogP contribution in [0.1, 0.15) is 5.82 Å². The summed E-state index contributed by atoms with van der Waals surface area (Å²) in [6, 6.07) is 6.61. The summed E-state index contributed by atoms with van der Waals surface area (Å²) in [6.07, 6.45) is 6.86. The molecule has 12 heteroatoms. The maximum Gasteiger partial charge on any atom is 0.188 e. The lowest BCUT2D eigenvalue weighted by atomic mass is 10.2. The van der Waals surface area contributed by atoms with E-state index >= 15 is 4.39 Å². The lowest BCUT2D eigenvalue weighted by molar-refractivity contribution is 0.374. The van der Waals surface area contributed by atoms with Crippen molar-refractivity contribution in [3.05, 3.63) is 65.3 Å². The van der Waals surface area contributed by atoms with Gasteiger partial charge in [-0.1, -0.05) is 0 Å². The van der Waals surface area contributed by atoms with E-state index in [-0.39, 0.29) is 18.0 Å². The molecule has 178 valence electrons. The molecular formula is C23H20BrFN8O2. The predicted molar refractivity (Wildman–Crippen MR) is 131 cm³/mol. The maximum atomic E-state index is 15.5. The minimum absolute atomic E-state index is 0.0458. The average molecular weight is 539 g/mol. The smallest absolute Gasteiger partial charge is 0.188 e. The van der Waals surface area contributed by atoms with Crippen LogP contribution in [0.5, 0.6) is 11.5 Å². The SMILES string of the molecule is COc1cc(OC)c(F)c(N(Cc2ncc(Br)[nH]2)c2ccc3ncc(-c4cnn(C)c4)nc3n2)c1. The van der Waals surface area contributed by atoms with Gasteiger partial charge in [0.25, 0.3) is 0 Å². The fourth-order valence-electron chi connectivity index (χ4n) is 3.61. The van der Waals surface area contributed by atoms with Crippen molar-refractivity contribution in [3.8, 4) is 22.8 Å². The van der Waals surface area contributed by atoms with E-state index in [1.165, 1.54) is 20.3 Å². The molecule has 0 amide bonds. The van der Waals surface area contributed by atoms with Gasteiger partial charge in [-0.2, -0.15) is 5.10 Å². The van der Waals surface area contributed by atoms with Crippen LogP contribution in [0.3, 0.4) is 0 Å². The molecule has 0 unspecified atom stereocenters. The summed E-state index contributed by atoms with van der Waals surface area (Å²) in [4.78, 5) is 23.0. The number of aryl methyl sites for hydroxylation is 1. The Bertz CT molecular complexity index is 1520. The van der Waals surface area contributed by atoms with Gasteiger partial charge in [-0.15, -0.1) is 0 Å².